The molecule has 1 atom stereocenters. The summed E-state index contributed by atoms with van der Waals surface area (Å²) >= 11 is 0. The van der Waals surface area contributed by atoms with Gasteiger partial charge in [0.25, 0.3) is 0 Å². The summed E-state index contributed by atoms with van der Waals surface area (Å²) in [4.78, 5) is 9.10. The van der Waals surface area contributed by atoms with Crippen LogP contribution in [0.25, 0.3) is 11.4 Å². The number of alkyl halides is 1. The molecule has 0 saturated heterocycles. The van der Waals surface area contributed by atoms with Crippen molar-refractivity contribution in [2.45, 2.75) is 136 Å². The van der Waals surface area contributed by atoms with Gasteiger partial charge in [-0.05, 0) is 49.1 Å². The summed E-state index contributed by atoms with van der Waals surface area (Å²) in [5.74, 6) is -0.395. The van der Waals surface area contributed by atoms with E-state index in [1.165, 1.54) is 96.0 Å². The molecule has 1 aromatic carbocycles. The third kappa shape index (κ3) is 13.1. The minimum absolute atomic E-state index is 0.423. The van der Waals surface area contributed by atoms with Gasteiger partial charge in [-0.1, -0.05) is 97.3 Å². The first-order valence-corrected chi connectivity index (χ1v) is 14.3. The zero-order valence-electron chi connectivity index (χ0n) is 22.7. The quantitative estimate of drug-likeness (QED) is 0.175. The van der Waals surface area contributed by atoms with Crippen molar-refractivity contribution in [2.75, 3.05) is 0 Å². The minimum atomic E-state index is -1.64. The van der Waals surface area contributed by atoms with E-state index in [-0.39, 0.29) is 0 Å². The Labute approximate surface area is 214 Å². The largest absolute Gasteiger partial charge is 0.458 e. The highest BCUT2D eigenvalue weighted by molar-refractivity contribution is 5.55. The van der Waals surface area contributed by atoms with Crippen LogP contribution in [0, 0.1) is 0 Å². The molecule has 2 aromatic rings. The second kappa shape index (κ2) is 17.5. The number of hydrogen-bond acceptors (Lipinski definition) is 3. The van der Waals surface area contributed by atoms with E-state index in [0.717, 1.165) is 24.8 Å². The van der Waals surface area contributed by atoms with Crippen molar-refractivity contribution in [1.82, 2.24) is 9.97 Å². The maximum Gasteiger partial charge on any atom is 0.245 e. The van der Waals surface area contributed by atoms with E-state index in [1.807, 2.05) is 36.7 Å². The molecular formula is C31H49FN2O. The van der Waals surface area contributed by atoms with Gasteiger partial charge in [0.2, 0.25) is 5.85 Å². The molecule has 0 bridgehead atoms. The normalized spacial score (nSPS) is 13.0. The van der Waals surface area contributed by atoms with Crippen LogP contribution in [0.5, 0.6) is 5.75 Å². The van der Waals surface area contributed by atoms with Crippen LogP contribution in [0.15, 0.2) is 36.7 Å². The summed E-state index contributed by atoms with van der Waals surface area (Å²) in [7, 11) is 0. The predicted octanol–water partition coefficient (Wildman–Crippen LogP) is 10.0. The number of halogens is 1. The molecule has 0 saturated carbocycles. The van der Waals surface area contributed by atoms with Crippen molar-refractivity contribution < 1.29 is 9.13 Å². The Morgan fingerprint density at radius 1 is 0.686 bits per heavy atom. The summed E-state index contributed by atoms with van der Waals surface area (Å²) in [6.45, 7) is 6.02. The van der Waals surface area contributed by atoms with Crippen LogP contribution in [0.4, 0.5) is 4.39 Å². The summed E-state index contributed by atoms with van der Waals surface area (Å²) < 4.78 is 20.5. The standard InChI is InChI=1S/C31H49FN2O/c1-4-6-8-10-12-13-15-17-19-27-25-33-30(34-26-27)28-20-22-29(23-21-28)35-31(3,32)24-18-16-14-11-9-7-5-2/h20-23,25-26H,4-19,24H2,1-3H3. The lowest BCUT2D eigenvalue weighted by molar-refractivity contribution is -0.0530. The lowest BCUT2D eigenvalue weighted by Gasteiger charge is -2.22. The van der Waals surface area contributed by atoms with Crippen molar-refractivity contribution in [3.8, 4) is 17.1 Å². The van der Waals surface area contributed by atoms with Crippen LogP contribution in [0.2, 0.25) is 0 Å². The van der Waals surface area contributed by atoms with Gasteiger partial charge in [0.05, 0.1) is 0 Å². The van der Waals surface area contributed by atoms with E-state index in [4.69, 9.17) is 4.74 Å². The van der Waals surface area contributed by atoms with Gasteiger partial charge in [-0.3, -0.25) is 0 Å². The van der Waals surface area contributed by atoms with Crippen molar-refractivity contribution in [3.63, 3.8) is 0 Å². The summed E-state index contributed by atoms with van der Waals surface area (Å²) in [5.41, 5.74) is 2.11. The maximum absolute atomic E-state index is 14.8. The van der Waals surface area contributed by atoms with Gasteiger partial charge in [-0.25, -0.2) is 9.97 Å². The first kappa shape index (κ1) is 29.3. The van der Waals surface area contributed by atoms with Gasteiger partial charge in [0.1, 0.15) is 5.75 Å². The zero-order valence-corrected chi connectivity index (χ0v) is 22.7. The van der Waals surface area contributed by atoms with Crippen molar-refractivity contribution >= 4 is 0 Å². The van der Waals surface area contributed by atoms with Crippen LogP contribution in [0.1, 0.15) is 129 Å². The molecule has 1 heterocycles. The third-order valence-corrected chi connectivity index (χ3v) is 6.69. The highest BCUT2D eigenvalue weighted by atomic mass is 19.2. The van der Waals surface area contributed by atoms with E-state index >= 15 is 0 Å². The molecule has 0 N–H and O–H groups in total. The Morgan fingerprint density at radius 2 is 1.17 bits per heavy atom. The molecule has 3 nitrogen and oxygen atoms in total. The Hall–Kier alpha value is -1.97. The Morgan fingerprint density at radius 3 is 1.71 bits per heavy atom. The molecule has 0 amide bonds. The number of rotatable bonds is 20. The first-order chi connectivity index (χ1) is 17.0. The average molecular weight is 485 g/mol. The van der Waals surface area contributed by atoms with Crippen LogP contribution in [0.3, 0.4) is 0 Å². The highest BCUT2D eigenvalue weighted by Gasteiger charge is 2.24. The molecule has 0 aliphatic heterocycles. The molecule has 196 valence electrons. The Bertz CT molecular complexity index is 774. The fraction of sp³-hybridized carbons (Fsp3) is 0.677. The van der Waals surface area contributed by atoms with Crippen molar-refractivity contribution in [1.29, 1.82) is 0 Å². The molecule has 0 fully saturated rings. The van der Waals surface area contributed by atoms with E-state index in [1.54, 1.807) is 0 Å². The van der Waals surface area contributed by atoms with Gasteiger partial charge in [-0.15, -0.1) is 0 Å². The van der Waals surface area contributed by atoms with E-state index < -0.39 is 5.85 Å². The number of unbranched alkanes of at least 4 members (excludes halogenated alkanes) is 13. The van der Waals surface area contributed by atoms with E-state index in [2.05, 4.69) is 23.8 Å². The number of aryl methyl sites for hydroxylation is 1. The third-order valence-electron chi connectivity index (χ3n) is 6.69. The number of benzene rings is 1. The molecule has 0 radical (unpaired) electrons. The van der Waals surface area contributed by atoms with Gasteiger partial charge in [0, 0.05) is 31.3 Å². The monoisotopic (exact) mass is 484 g/mol. The van der Waals surface area contributed by atoms with Crippen LogP contribution in [-0.4, -0.2) is 15.8 Å². The molecular weight excluding hydrogens is 435 g/mol. The van der Waals surface area contributed by atoms with E-state index in [0.29, 0.717) is 18.0 Å². The summed E-state index contributed by atoms with van der Waals surface area (Å²) in [6.07, 6.45) is 24.1. The smallest absolute Gasteiger partial charge is 0.245 e. The lowest BCUT2D eigenvalue weighted by Crippen LogP contribution is -2.26. The SMILES string of the molecule is CCCCCCCCCCc1cnc(-c2ccc(OC(C)(F)CCCCCCCCC)cc2)nc1. The molecule has 0 aliphatic rings. The molecule has 0 spiro atoms. The van der Waals surface area contributed by atoms with Gasteiger partial charge in [0.15, 0.2) is 5.82 Å². The van der Waals surface area contributed by atoms with Crippen molar-refractivity contribution in [2.24, 2.45) is 0 Å². The van der Waals surface area contributed by atoms with Crippen LogP contribution in [-0.2, 0) is 6.42 Å². The van der Waals surface area contributed by atoms with Gasteiger partial charge < -0.3 is 4.74 Å². The first-order valence-electron chi connectivity index (χ1n) is 14.3. The van der Waals surface area contributed by atoms with Gasteiger partial charge in [-0.2, -0.15) is 4.39 Å². The number of nitrogens with zero attached hydrogens (tertiary/aromatic N) is 2. The molecule has 1 unspecified atom stereocenters. The topological polar surface area (TPSA) is 35.0 Å². The number of aromatic nitrogens is 2. The zero-order chi connectivity index (χ0) is 25.2. The van der Waals surface area contributed by atoms with Crippen LogP contribution >= 0.6 is 0 Å². The summed E-state index contributed by atoms with van der Waals surface area (Å²) in [6, 6.07) is 7.45. The number of hydrogen-bond donors (Lipinski definition) is 0. The fourth-order valence-corrected chi connectivity index (χ4v) is 4.46. The molecule has 0 aliphatic carbocycles. The van der Waals surface area contributed by atoms with Crippen LogP contribution < -0.4 is 4.74 Å². The second-order valence-electron chi connectivity index (χ2n) is 10.2. The second-order valence-corrected chi connectivity index (χ2v) is 10.2. The molecule has 35 heavy (non-hydrogen) atoms. The highest BCUT2D eigenvalue weighted by Crippen LogP contribution is 2.27. The predicted molar refractivity (Wildman–Crippen MR) is 147 cm³/mol. The van der Waals surface area contributed by atoms with E-state index in [9.17, 15) is 4.39 Å². The van der Waals surface area contributed by atoms with Gasteiger partial charge >= 0.3 is 0 Å². The minimum Gasteiger partial charge on any atom is -0.458 e. The number of ether oxygens (including phenoxy) is 1. The summed E-state index contributed by atoms with van der Waals surface area (Å²) in [5, 5.41) is 0. The molecule has 2 rings (SSSR count). The Balaban J connectivity index is 1.69. The maximum atomic E-state index is 14.8. The van der Waals surface area contributed by atoms with Crippen molar-refractivity contribution in [3.05, 3.63) is 42.2 Å². The average Bonchev–Trinajstić information content (AvgIpc) is 2.86. The Kier molecular flexibility index (Phi) is 14.6. The lowest BCUT2D eigenvalue weighted by atomic mass is 10.1. The molecule has 1 aromatic heterocycles. The fourth-order valence-electron chi connectivity index (χ4n) is 4.46. The molecule has 4 heteroatoms.